The van der Waals surface area contributed by atoms with Gasteiger partial charge in [-0.15, -0.1) is 0 Å². The van der Waals surface area contributed by atoms with Crippen molar-refractivity contribution in [1.82, 2.24) is 10.3 Å². The van der Waals surface area contributed by atoms with Crippen LogP contribution in [-0.4, -0.2) is 10.1 Å². The maximum absolute atomic E-state index is 5.90. The van der Waals surface area contributed by atoms with Gasteiger partial charge >= 0.3 is 0 Å². The predicted molar refractivity (Wildman–Crippen MR) is 115 cm³/mol. The van der Waals surface area contributed by atoms with E-state index >= 15 is 0 Å². The normalized spacial score (nSPS) is 12.6. The Hall–Kier alpha value is -2.63. The number of pyridine rings is 1. The van der Waals surface area contributed by atoms with Crippen molar-refractivity contribution in [2.45, 2.75) is 19.6 Å². The van der Waals surface area contributed by atoms with Crippen molar-refractivity contribution in [2.24, 2.45) is 0 Å². The Kier molecular flexibility index (Phi) is 5.23. The number of hydrogen-bond donors (Lipinski definition) is 2. The van der Waals surface area contributed by atoms with E-state index < -0.39 is 0 Å². The maximum atomic E-state index is 5.90. The summed E-state index contributed by atoms with van der Waals surface area (Å²) in [6.07, 6.45) is 1.81. The second kappa shape index (κ2) is 7.94. The summed E-state index contributed by atoms with van der Waals surface area (Å²) in [6.45, 7) is 2.44. The molecule has 4 rings (SSSR count). The molecule has 3 aromatic rings. The van der Waals surface area contributed by atoms with Crippen LogP contribution < -0.4 is 15.5 Å². The highest BCUT2D eigenvalue weighted by molar-refractivity contribution is 7.80. The first-order valence-electron chi connectivity index (χ1n) is 8.74. The fourth-order valence-corrected chi connectivity index (χ4v) is 3.42. The average molecular weight is 395 g/mol. The summed E-state index contributed by atoms with van der Waals surface area (Å²) < 4.78 is 0. The van der Waals surface area contributed by atoms with Crippen molar-refractivity contribution in [3.8, 4) is 0 Å². The molecule has 0 amide bonds. The molecule has 136 valence electrons. The zero-order valence-corrected chi connectivity index (χ0v) is 16.2. The van der Waals surface area contributed by atoms with Gasteiger partial charge < -0.3 is 15.5 Å². The third-order valence-corrected chi connectivity index (χ3v) is 5.04. The molecule has 0 fully saturated rings. The van der Waals surface area contributed by atoms with Crippen LogP contribution in [0, 0.1) is 0 Å². The van der Waals surface area contributed by atoms with E-state index in [2.05, 4.69) is 44.8 Å². The molecule has 0 saturated carbocycles. The Morgan fingerprint density at radius 3 is 2.33 bits per heavy atom. The first kappa shape index (κ1) is 17.8. The smallest absolute Gasteiger partial charge is 0.171 e. The van der Waals surface area contributed by atoms with E-state index in [0.717, 1.165) is 35.2 Å². The van der Waals surface area contributed by atoms with E-state index in [1.807, 2.05) is 42.6 Å². The van der Waals surface area contributed by atoms with Crippen molar-refractivity contribution < 1.29 is 0 Å². The van der Waals surface area contributed by atoms with Gasteiger partial charge in [0.2, 0.25) is 0 Å². The van der Waals surface area contributed by atoms with E-state index in [4.69, 9.17) is 23.8 Å². The van der Waals surface area contributed by atoms with Crippen LogP contribution in [-0.2, 0) is 19.6 Å². The molecule has 2 N–H and O–H groups in total. The van der Waals surface area contributed by atoms with Gasteiger partial charge in [0.1, 0.15) is 5.82 Å². The van der Waals surface area contributed by atoms with Crippen LogP contribution in [0.15, 0.2) is 66.9 Å². The van der Waals surface area contributed by atoms with E-state index in [-0.39, 0.29) is 0 Å². The molecular weight excluding hydrogens is 376 g/mol. The largest absolute Gasteiger partial charge is 0.358 e. The monoisotopic (exact) mass is 394 g/mol. The fraction of sp³-hybridized carbons (Fsp3) is 0.143. The summed E-state index contributed by atoms with van der Waals surface area (Å²) in [5.41, 5.74) is 4.72. The molecule has 27 heavy (non-hydrogen) atoms. The minimum atomic E-state index is 0.563. The standard InChI is InChI=1S/C21H19ClN4S/c22-18-7-5-15(6-8-18)11-24-21(27)25-19-9-10-20(23-12-19)26-13-16-3-1-2-4-17(16)14-26/h1-10,12H,11,13-14H2,(H2,24,25,27). The Morgan fingerprint density at radius 2 is 1.70 bits per heavy atom. The molecule has 1 aliphatic rings. The quantitative estimate of drug-likeness (QED) is 0.625. The molecule has 4 nitrogen and oxygen atoms in total. The van der Waals surface area contributed by atoms with Crippen LogP contribution >= 0.6 is 23.8 Å². The van der Waals surface area contributed by atoms with E-state index in [0.29, 0.717) is 11.7 Å². The highest BCUT2D eigenvalue weighted by atomic mass is 35.5. The first-order chi connectivity index (χ1) is 13.2. The number of nitrogens with one attached hydrogen (secondary N) is 2. The lowest BCUT2D eigenvalue weighted by Crippen LogP contribution is -2.28. The average Bonchev–Trinajstić information content (AvgIpc) is 3.12. The highest BCUT2D eigenvalue weighted by Crippen LogP contribution is 2.27. The Labute approximate surface area is 169 Å². The van der Waals surface area contributed by atoms with Crippen molar-refractivity contribution in [2.75, 3.05) is 10.2 Å². The Morgan fingerprint density at radius 1 is 1.00 bits per heavy atom. The molecule has 2 aromatic carbocycles. The molecule has 1 aromatic heterocycles. The highest BCUT2D eigenvalue weighted by Gasteiger charge is 2.19. The van der Waals surface area contributed by atoms with E-state index in [9.17, 15) is 0 Å². The van der Waals surface area contributed by atoms with Gasteiger partial charge in [0, 0.05) is 24.7 Å². The second-order valence-electron chi connectivity index (χ2n) is 6.46. The number of halogens is 1. The SMILES string of the molecule is S=C(NCc1ccc(Cl)cc1)Nc1ccc(N2Cc3ccccc3C2)nc1. The Balaban J connectivity index is 1.31. The summed E-state index contributed by atoms with van der Waals surface area (Å²) in [5, 5.41) is 7.65. The van der Waals surface area contributed by atoms with Gasteiger partial charge in [-0.25, -0.2) is 4.98 Å². The first-order valence-corrected chi connectivity index (χ1v) is 9.53. The number of hydrogen-bond acceptors (Lipinski definition) is 3. The summed E-state index contributed by atoms with van der Waals surface area (Å²) in [4.78, 5) is 6.86. The van der Waals surface area contributed by atoms with Crippen LogP contribution in [0.3, 0.4) is 0 Å². The maximum Gasteiger partial charge on any atom is 0.171 e. The molecule has 6 heteroatoms. The molecular formula is C21H19ClN4S. The molecule has 2 heterocycles. The third-order valence-electron chi connectivity index (χ3n) is 4.54. The topological polar surface area (TPSA) is 40.2 Å². The summed E-state index contributed by atoms with van der Waals surface area (Å²) in [5.74, 6) is 0.969. The minimum absolute atomic E-state index is 0.563. The predicted octanol–water partition coefficient (Wildman–Crippen LogP) is 4.74. The summed E-state index contributed by atoms with van der Waals surface area (Å²) >= 11 is 11.3. The number of anilines is 2. The molecule has 1 aliphatic heterocycles. The third kappa shape index (κ3) is 4.38. The van der Waals surface area contributed by atoms with Crippen LogP contribution in [0.2, 0.25) is 5.02 Å². The summed E-state index contributed by atoms with van der Waals surface area (Å²) in [6, 6.07) is 20.2. The van der Waals surface area contributed by atoms with Crippen LogP contribution in [0.5, 0.6) is 0 Å². The molecule has 0 saturated heterocycles. The van der Waals surface area contributed by atoms with Gasteiger partial charge in [-0.1, -0.05) is 48.0 Å². The van der Waals surface area contributed by atoms with Crippen LogP contribution in [0.25, 0.3) is 0 Å². The molecule has 0 atom stereocenters. The molecule has 0 radical (unpaired) electrons. The van der Waals surface area contributed by atoms with Crippen LogP contribution in [0.1, 0.15) is 16.7 Å². The van der Waals surface area contributed by atoms with Gasteiger partial charge in [0.05, 0.1) is 11.9 Å². The van der Waals surface area contributed by atoms with E-state index in [1.165, 1.54) is 11.1 Å². The van der Waals surface area contributed by atoms with Gasteiger partial charge in [-0.3, -0.25) is 0 Å². The molecule has 0 unspecified atom stereocenters. The van der Waals surface area contributed by atoms with Gasteiger partial charge in [0.15, 0.2) is 5.11 Å². The van der Waals surface area contributed by atoms with Crippen molar-refractivity contribution in [3.63, 3.8) is 0 Å². The number of rotatable bonds is 4. The van der Waals surface area contributed by atoms with Gasteiger partial charge in [0.25, 0.3) is 0 Å². The van der Waals surface area contributed by atoms with Crippen LogP contribution in [0.4, 0.5) is 11.5 Å². The number of fused-ring (bicyclic) bond motifs is 1. The number of nitrogens with zero attached hydrogens (tertiary/aromatic N) is 2. The Bertz CT molecular complexity index is 916. The lowest BCUT2D eigenvalue weighted by atomic mass is 10.1. The zero-order valence-electron chi connectivity index (χ0n) is 14.7. The minimum Gasteiger partial charge on any atom is -0.358 e. The van der Waals surface area contributed by atoms with Crippen molar-refractivity contribution in [1.29, 1.82) is 0 Å². The van der Waals surface area contributed by atoms with Gasteiger partial charge in [-0.05, 0) is 53.2 Å². The van der Waals surface area contributed by atoms with Crippen molar-refractivity contribution >= 4 is 40.4 Å². The number of benzene rings is 2. The van der Waals surface area contributed by atoms with Gasteiger partial charge in [-0.2, -0.15) is 0 Å². The zero-order chi connectivity index (χ0) is 18.6. The molecule has 0 aliphatic carbocycles. The number of thiocarbonyl (C=S) groups is 1. The lowest BCUT2D eigenvalue weighted by Gasteiger charge is -2.17. The lowest BCUT2D eigenvalue weighted by molar-refractivity contribution is 0.857. The molecule has 0 bridgehead atoms. The number of aromatic nitrogens is 1. The molecule has 0 spiro atoms. The van der Waals surface area contributed by atoms with E-state index in [1.54, 1.807) is 0 Å². The van der Waals surface area contributed by atoms with Crippen molar-refractivity contribution in [3.05, 3.63) is 88.6 Å². The fourth-order valence-electron chi connectivity index (χ4n) is 3.10. The second-order valence-corrected chi connectivity index (χ2v) is 7.31. The summed E-state index contributed by atoms with van der Waals surface area (Å²) in [7, 11) is 0.